The van der Waals surface area contributed by atoms with Gasteiger partial charge < -0.3 is 15.4 Å². The molecule has 3 aliphatic rings. The van der Waals surface area contributed by atoms with Gasteiger partial charge in [0.15, 0.2) is 0 Å². The standard InChI is InChI=1S/C11H21N3O.3ClH/c1-2-11-8-15-7-10(1)14(11)6-9-5-12-3-4-13-9;;;/h9-13H,1-8H2;3*1H/t9-,10?,11?;;;/m1.../s1. The van der Waals surface area contributed by atoms with Crippen LogP contribution in [-0.4, -0.2) is 62.4 Å². The summed E-state index contributed by atoms with van der Waals surface area (Å²) < 4.78 is 5.60. The highest BCUT2D eigenvalue weighted by atomic mass is 35.5. The first-order chi connectivity index (χ1) is 7.43. The van der Waals surface area contributed by atoms with Crippen LogP contribution in [0.2, 0.25) is 0 Å². The van der Waals surface area contributed by atoms with E-state index >= 15 is 0 Å². The molecule has 3 atom stereocenters. The Balaban J connectivity index is 0.000000963. The van der Waals surface area contributed by atoms with Crippen molar-refractivity contribution in [3.63, 3.8) is 0 Å². The fourth-order valence-electron chi connectivity index (χ4n) is 3.11. The van der Waals surface area contributed by atoms with Crippen molar-refractivity contribution in [1.82, 2.24) is 15.5 Å². The predicted molar refractivity (Wildman–Crippen MR) is 80.7 cm³/mol. The molecule has 3 aliphatic heterocycles. The Morgan fingerprint density at radius 3 is 2.22 bits per heavy atom. The summed E-state index contributed by atoms with van der Waals surface area (Å²) >= 11 is 0. The van der Waals surface area contributed by atoms with Crippen LogP contribution in [0.1, 0.15) is 12.8 Å². The molecular weight excluding hydrogens is 296 g/mol. The maximum Gasteiger partial charge on any atom is 0.0622 e. The third-order valence-electron chi connectivity index (χ3n) is 3.95. The van der Waals surface area contributed by atoms with E-state index in [4.69, 9.17) is 4.74 Å². The number of nitrogens with one attached hydrogen (secondary N) is 2. The fraction of sp³-hybridized carbons (Fsp3) is 1.00. The zero-order valence-corrected chi connectivity index (χ0v) is 12.9. The molecule has 4 nitrogen and oxygen atoms in total. The topological polar surface area (TPSA) is 36.5 Å². The van der Waals surface area contributed by atoms with Crippen molar-refractivity contribution in [3.8, 4) is 0 Å². The Labute approximate surface area is 128 Å². The molecule has 0 aromatic heterocycles. The van der Waals surface area contributed by atoms with Crippen molar-refractivity contribution in [3.05, 3.63) is 0 Å². The van der Waals surface area contributed by atoms with Crippen LogP contribution in [0.25, 0.3) is 0 Å². The van der Waals surface area contributed by atoms with Gasteiger partial charge in [-0.1, -0.05) is 0 Å². The summed E-state index contributed by atoms with van der Waals surface area (Å²) in [6.07, 6.45) is 2.68. The second-order valence-corrected chi connectivity index (χ2v) is 4.97. The van der Waals surface area contributed by atoms with Crippen LogP contribution in [-0.2, 0) is 4.74 Å². The van der Waals surface area contributed by atoms with Gasteiger partial charge in [0, 0.05) is 44.3 Å². The minimum Gasteiger partial charge on any atom is -0.378 e. The zero-order valence-electron chi connectivity index (χ0n) is 10.5. The number of fused-ring (bicyclic) bond motifs is 2. The predicted octanol–water partition coefficient (Wildman–Crippen LogP) is 0.676. The van der Waals surface area contributed by atoms with Gasteiger partial charge in [0.05, 0.1) is 13.2 Å². The van der Waals surface area contributed by atoms with Crippen molar-refractivity contribution < 1.29 is 4.74 Å². The van der Waals surface area contributed by atoms with E-state index in [1.807, 2.05) is 0 Å². The number of ether oxygens (including phenoxy) is 1. The molecule has 2 bridgehead atoms. The molecule has 0 amide bonds. The second kappa shape index (κ2) is 8.80. The van der Waals surface area contributed by atoms with Crippen LogP contribution >= 0.6 is 37.2 Å². The highest BCUT2D eigenvalue weighted by Crippen LogP contribution is 2.28. The van der Waals surface area contributed by atoms with Crippen molar-refractivity contribution in [2.24, 2.45) is 0 Å². The SMILES string of the molecule is C1CN[C@@H](CN2C3CCC2COC3)CN1.Cl.Cl.Cl. The average Bonchev–Trinajstić information content (AvgIpc) is 2.53. The Morgan fingerprint density at radius 1 is 1.00 bits per heavy atom. The quantitative estimate of drug-likeness (QED) is 0.784. The molecule has 0 radical (unpaired) electrons. The monoisotopic (exact) mass is 319 g/mol. The third kappa shape index (κ3) is 4.10. The molecule has 3 heterocycles. The molecule has 7 heteroatoms. The lowest BCUT2D eigenvalue weighted by Gasteiger charge is -2.38. The smallest absolute Gasteiger partial charge is 0.0622 e. The van der Waals surface area contributed by atoms with Crippen molar-refractivity contribution in [2.45, 2.75) is 31.0 Å². The Bertz CT molecular complexity index is 214. The van der Waals surface area contributed by atoms with E-state index in [1.165, 1.54) is 19.4 Å². The highest BCUT2D eigenvalue weighted by molar-refractivity contribution is 5.86. The number of morpholine rings is 1. The molecule has 0 aromatic rings. The van der Waals surface area contributed by atoms with Crippen LogP contribution < -0.4 is 10.6 Å². The molecule has 0 aromatic carbocycles. The largest absolute Gasteiger partial charge is 0.378 e. The lowest BCUT2D eigenvalue weighted by Crippen LogP contribution is -2.57. The first kappa shape index (κ1) is 18.7. The zero-order chi connectivity index (χ0) is 10.1. The van der Waals surface area contributed by atoms with E-state index < -0.39 is 0 Å². The summed E-state index contributed by atoms with van der Waals surface area (Å²) in [7, 11) is 0. The molecule has 2 unspecified atom stereocenters. The summed E-state index contributed by atoms with van der Waals surface area (Å²) in [6.45, 7) is 6.46. The maximum absolute atomic E-state index is 5.60. The minimum absolute atomic E-state index is 0. The van der Waals surface area contributed by atoms with Crippen molar-refractivity contribution in [1.29, 1.82) is 0 Å². The summed E-state index contributed by atoms with van der Waals surface area (Å²) in [5, 5.41) is 7.04. The molecule has 3 fully saturated rings. The van der Waals surface area contributed by atoms with Gasteiger partial charge in [-0.3, -0.25) is 4.90 Å². The first-order valence-electron chi connectivity index (χ1n) is 6.21. The van der Waals surface area contributed by atoms with Gasteiger partial charge in [0.25, 0.3) is 0 Å². The normalized spacial score (nSPS) is 35.0. The molecule has 0 spiro atoms. The lowest BCUT2D eigenvalue weighted by atomic mass is 10.1. The minimum atomic E-state index is 0. The molecule has 0 aliphatic carbocycles. The van der Waals surface area contributed by atoms with Gasteiger partial charge in [-0.05, 0) is 12.8 Å². The Hall–Kier alpha value is 0.710. The van der Waals surface area contributed by atoms with E-state index in [0.717, 1.165) is 32.8 Å². The van der Waals surface area contributed by atoms with Crippen LogP contribution in [0.4, 0.5) is 0 Å². The summed E-state index contributed by atoms with van der Waals surface area (Å²) in [5.41, 5.74) is 0. The van der Waals surface area contributed by atoms with E-state index in [2.05, 4.69) is 15.5 Å². The Kier molecular flexibility index (Phi) is 9.14. The molecule has 18 heavy (non-hydrogen) atoms. The van der Waals surface area contributed by atoms with E-state index in [-0.39, 0.29) is 37.2 Å². The summed E-state index contributed by atoms with van der Waals surface area (Å²) in [6, 6.07) is 2.04. The van der Waals surface area contributed by atoms with Crippen molar-refractivity contribution in [2.75, 3.05) is 39.4 Å². The van der Waals surface area contributed by atoms with Crippen LogP contribution in [0.5, 0.6) is 0 Å². The van der Waals surface area contributed by atoms with Gasteiger partial charge >= 0.3 is 0 Å². The maximum atomic E-state index is 5.60. The van der Waals surface area contributed by atoms with Gasteiger partial charge in [0.1, 0.15) is 0 Å². The highest BCUT2D eigenvalue weighted by Gasteiger charge is 2.38. The van der Waals surface area contributed by atoms with E-state index in [0.29, 0.717) is 18.1 Å². The summed E-state index contributed by atoms with van der Waals surface area (Å²) in [5.74, 6) is 0. The van der Waals surface area contributed by atoms with Gasteiger partial charge in [0.2, 0.25) is 0 Å². The first-order valence-corrected chi connectivity index (χ1v) is 6.21. The van der Waals surface area contributed by atoms with Crippen molar-refractivity contribution >= 4 is 37.2 Å². The van der Waals surface area contributed by atoms with Gasteiger partial charge in [-0.15, -0.1) is 37.2 Å². The molecule has 0 saturated carbocycles. The number of hydrogen-bond donors (Lipinski definition) is 2. The van der Waals surface area contributed by atoms with Crippen LogP contribution in [0, 0.1) is 0 Å². The van der Waals surface area contributed by atoms with E-state index in [1.54, 1.807) is 0 Å². The summed E-state index contributed by atoms with van der Waals surface area (Å²) in [4.78, 5) is 2.67. The number of hydrogen-bond acceptors (Lipinski definition) is 4. The van der Waals surface area contributed by atoms with Crippen LogP contribution in [0.3, 0.4) is 0 Å². The van der Waals surface area contributed by atoms with Gasteiger partial charge in [-0.25, -0.2) is 0 Å². The molecule has 2 N–H and O–H groups in total. The van der Waals surface area contributed by atoms with E-state index in [9.17, 15) is 0 Å². The van der Waals surface area contributed by atoms with Gasteiger partial charge in [-0.2, -0.15) is 0 Å². The number of halogens is 3. The number of piperazine rings is 1. The molecule has 3 saturated heterocycles. The molecular formula is C11H24Cl3N3O. The average molecular weight is 321 g/mol. The lowest BCUT2D eigenvalue weighted by molar-refractivity contribution is -0.0189. The third-order valence-corrected chi connectivity index (χ3v) is 3.95. The Morgan fingerprint density at radius 2 is 1.67 bits per heavy atom. The van der Waals surface area contributed by atoms with Crippen LogP contribution in [0.15, 0.2) is 0 Å². The molecule has 110 valence electrons. The molecule has 3 rings (SSSR count). The number of rotatable bonds is 2. The fourth-order valence-corrected chi connectivity index (χ4v) is 3.11. The second-order valence-electron chi connectivity index (χ2n) is 4.97. The number of nitrogens with zero attached hydrogens (tertiary/aromatic N) is 1.